The van der Waals surface area contributed by atoms with Crippen LogP contribution in [-0.2, 0) is 9.53 Å². The smallest absolute Gasteiger partial charge is 0.346 e. The molecule has 1 heterocycles. The van der Waals surface area contributed by atoms with Crippen molar-refractivity contribution in [2.24, 2.45) is 9.98 Å². The molecular weight excluding hydrogens is 284 g/mol. The second kappa shape index (κ2) is 6.49. The summed E-state index contributed by atoms with van der Waals surface area (Å²) in [5.41, 5.74) is 0. The van der Waals surface area contributed by atoms with Gasteiger partial charge in [0.15, 0.2) is 0 Å². The molecule has 0 saturated carbocycles. The largest absolute Gasteiger partial charge is 0.467 e. The number of carbonyl (C=O) groups excluding carboxylic acids is 1. The van der Waals surface area contributed by atoms with Gasteiger partial charge in [-0.25, -0.2) is 14.8 Å². The molecule has 0 aliphatic carbocycles. The molecule has 0 aromatic rings. The molecule has 1 saturated heterocycles. The topological polar surface area (TPSA) is 51.0 Å². The van der Waals surface area contributed by atoms with E-state index in [1.807, 2.05) is 0 Å². The van der Waals surface area contributed by atoms with E-state index < -0.39 is 10.8 Å². The summed E-state index contributed by atoms with van der Waals surface area (Å²) in [7, 11) is 1.33. The summed E-state index contributed by atoms with van der Waals surface area (Å²) in [6.07, 6.45) is 0. The maximum absolute atomic E-state index is 11.6. The van der Waals surface area contributed by atoms with Crippen LogP contribution in [0.2, 0.25) is 0 Å². The SMILES string of the molecule is COC(=O)C1(N=C=S)CSC(N=C=S)CS1. The number of isothiocyanates is 2. The van der Waals surface area contributed by atoms with E-state index in [1.54, 1.807) is 0 Å². The molecule has 2 atom stereocenters. The highest BCUT2D eigenvalue weighted by Crippen LogP contribution is 2.40. The molecule has 0 bridgehead atoms. The number of thioether (sulfide) groups is 2. The lowest BCUT2D eigenvalue weighted by Gasteiger charge is -2.30. The highest BCUT2D eigenvalue weighted by atomic mass is 32.2. The Morgan fingerprint density at radius 3 is 2.75 bits per heavy atom. The third-order valence-corrected chi connectivity index (χ3v) is 5.06. The summed E-state index contributed by atoms with van der Waals surface area (Å²) in [6.45, 7) is 0. The van der Waals surface area contributed by atoms with Crippen molar-refractivity contribution >= 4 is 64.3 Å². The van der Waals surface area contributed by atoms with Gasteiger partial charge in [0, 0.05) is 11.5 Å². The number of methoxy groups -OCH3 is 1. The summed E-state index contributed by atoms with van der Waals surface area (Å²) in [5.74, 6) is 0.649. The number of hydrogen-bond donors (Lipinski definition) is 0. The van der Waals surface area contributed by atoms with Crippen molar-refractivity contribution in [3.8, 4) is 0 Å². The Hall–Kier alpha value is -0.230. The van der Waals surface area contributed by atoms with Crippen molar-refractivity contribution in [2.45, 2.75) is 10.2 Å². The Morgan fingerprint density at radius 2 is 2.31 bits per heavy atom. The van der Waals surface area contributed by atoms with E-state index in [2.05, 4.69) is 44.7 Å². The molecule has 0 radical (unpaired) electrons. The number of ether oxygens (including phenoxy) is 1. The van der Waals surface area contributed by atoms with E-state index in [-0.39, 0.29) is 5.37 Å². The second-order valence-corrected chi connectivity index (χ2v) is 5.60. The molecule has 1 fully saturated rings. The van der Waals surface area contributed by atoms with Gasteiger partial charge in [-0.2, -0.15) is 0 Å². The van der Waals surface area contributed by atoms with Crippen molar-refractivity contribution < 1.29 is 9.53 Å². The van der Waals surface area contributed by atoms with Crippen LogP contribution in [0.1, 0.15) is 0 Å². The van der Waals surface area contributed by atoms with Crippen molar-refractivity contribution in [3.05, 3.63) is 0 Å². The fraction of sp³-hybridized carbons (Fsp3) is 0.625. The minimum Gasteiger partial charge on any atom is -0.467 e. The molecule has 0 aromatic carbocycles. The number of carbonyl (C=O) groups is 1. The average molecular weight is 292 g/mol. The van der Waals surface area contributed by atoms with Crippen LogP contribution in [0.25, 0.3) is 0 Å². The van der Waals surface area contributed by atoms with Gasteiger partial charge >= 0.3 is 5.97 Å². The summed E-state index contributed by atoms with van der Waals surface area (Å²) >= 11 is 11.9. The normalized spacial score (nSPS) is 28.4. The molecule has 16 heavy (non-hydrogen) atoms. The fourth-order valence-corrected chi connectivity index (χ4v) is 4.17. The van der Waals surface area contributed by atoms with E-state index in [0.29, 0.717) is 11.5 Å². The lowest BCUT2D eigenvalue weighted by atomic mass is 10.3. The lowest BCUT2D eigenvalue weighted by molar-refractivity contribution is -0.142. The molecule has 4 nitrogen and oxygen atoms in total. The third-order valence-electron chi connectivity index (χ3n) is 1.86. The molecule has 86 valence electrons. The number of esters is 1. The Labute approximate surface area is 112 Å². The van der Waals surface area contributed by atoms with Crippen molar-refractivity contribution in [2.75, 3.05) is 18.6 Å². The van der Waals surface area contributed by atoms with E-state index in [4.69, 9.17) is 4.74 Å². The van der Waals surface area contributed by atoms with Crippen LogP contribution in [0.5, 0.6) is 0 Å². The first kappa shape index (κ1) is 13.8. The maximum atomic E-state index is 11.6. The van der Waals surface area contributed by atoms with Crippen LogP contribution >= 0.6 is 48.0 Å². The second-order valence-electron chi connectivity index (χ2n) is 2.78. The number of thiocarbonyl (C=S) groups is 2. The highest BCUT2D eigenvalue weighted by Gasteiger charge is 2.44. The molecule has 0 spiro atoms. The minimum atomic E-state index is -0.978. The molecular formula is C8H8N2O2S4. The van der Waals surface area contributed by atoms with Crippen molar-refractivity contribution in [1.29, 1.82) is 0 Å². The van der Waals surface area contributed by atoms with Crippen LogP contribution in [0, 0.1) is 0 Å². The highest BCUT2D eigenvalue weighted by molar-refractivity contribution is 8.08. The molecule has 2 unspecified atom stereocenters. The summed E-state index contributed by atoms with van der Waals surface area (Å²) < 4.78 is 4.72. The average Bonchev–Trinajstić information content (AvgIpc) is 2.31. The Kier molecular flexibility index (Phi) is 5.61. The monoisotopic (exact) mass is 292 g/mol. The molecule has 0 amide bonds. The quantitative estimate of drug-likeness (QED) is 0.450. The van der Waals surface area contributed by atoms with Gasteiger partial charge in [0.2, 0.25) is 4.87 Å². The number of nitrogens with zero attached hydrogens (tertiary/aromatic N) is 2. The molecule has 1 aliphatic heterocycles. The predicted molar refractivity (Wildman–Crippen MR) is 73.5 cm³/mol. The molecule has 1 rings (SSSR count). The Balaban J connectivity index is 2.81. The Morgan fingerprint density at radius 1 is 1.56 bits per heavy atom. The summed E-state index contributed by atoms with van der Waals surface area (Å²) in [6, 6.07) is 0. The zero-order chi connectivity index (χ0) is 12.0. The van der Waals surface area contributed by atoms with Gasteiger partial charge in [-0.15, -0.1) is 23.5 Å². The fourth-order valence-electron chi connectivity index (χ4n) is 1.10. The Bertz CT molecular complexity index is 366. The minimum absolute atomic E-state index is 0.0144. The maximum Gasteiger partial charge on any atom is 0.346 e. The number of hydrogen-bond acceptors (Lipinski definition) is 8. The summed E-state index contributed by atoms with van der Waals surface area (Å²) in [4.78, 5) is 18.5. The lowest BCUT2D eigenvalue weighted by Crippen LogP contribution is -2.41. The van der Waals surface area contributed by atoms with Gasteiger partial charge < -0.3 is 4.74 Å². The number of aliphatic imine (C=N–C) groups is 2. The van der Waals surface area contributed by atoms with Crippen molar-refractivity contribution in [3.63, 3.8) is 0 Å². The standard InChI is InChI=1S/C8H8N2O2S4/c1-12-7(11)8(10-5-14)3-15-6(2-16-8)9-4-13/h6H,2-3H2,1H3. The van der Waals surface area contributed by atoms with Gasteiger partial charge in [-0.3, -0.25) is 0 Å². The van der Waals surface area contributed by atoms with Crippen LogP contribution in [0.4, 0.5) is 0 Å². The van der Waals surface area contributed by atoms with Crippen LogP contribution < -0.4 is 0 Å². The van der Waals surface area contributed by atoms with Gasteiger partial charge in [-0.05, 0) is 24.4 Å². The first-order chi connectivity index (χ1) is 7.68. The first-order valence-corrected chi connectivity index (χ1v) is 7.03. The molecule has 8 heteroatoms. The van der Waals surface area contributed by atoms with E-state index in [9.17, 15) is 4.79 Å². The van der Waals surface area contributed by atoms with Gasteiger partial charge in [0.1, 0.15) is 5.37 Å². The van der Waals surface area contributed by atoms with Crippen LogP contribution in [-0.4, -0.2) is 45.2 Å². The van der Waals surface area contributed by atoms with Crippen LogP contribution in [0.15, 0.2) is 9.98 Å². The van der Waals surface area contributed by atoms with Gasteiger partial charge in [0.25, 0.3) is 0 Å². The molecule has 0 N–H and O–H groups in total. The molecule has 0 aromatic heterocycles. The first-order valence-electron chi connectivity index (χ1n) is 4.18. The number of rotatable bonds is 3. The zero-order valence-electron chi connectivity index (χ0n) is 8.34. The van der Waals surface area contributed by atoms with Gasteiger partial charge in [0.05, 0.1) is 17.4 Å². The van der Waals surface area contributed by atoms with Crippen molar-refractivity contribution in [1.82, 2.24) is 0 Å². The van der Waals surface area contributed by atoms with Gasteiger partial charge in [-0.1, -0.05) is 0 Å². The zero-order valence-corrected chi connectivity index (χ0v) is 11.6. The van der Waals surface area contributed by atoms with E-state index in [1.165, 1.54) is 30.6 Å². The predicted octanol–water partition coefficient (Wildman–Crippen LogP) is 1.87. The molecule has 1 aliphatic rings. The summed E-state index contributed by atoms with van der Waals surface area (Å²) in [5, 5.41) is 4.59. The van der Waals surface area contributed by atoms with E-state index in [0.717, 1.165) is 0 Å². The van der Waals surface area contributed by atoms with Crippen LogP contribution in [0.3, 0.4) is 0 Å². The van der Waals surface area contributed by atoms with E-state index >= 15 is 0 Å². The third kappa shape index (κ3) is 3.13.